The molecule has 0 radical (unpaired) electrons. The minimum atomic E-state index is -0.446. The van der Waals surface area contributed by atoms with Gasteiger partial charge in [0, 0.05) is 0 Å². The molecule has 0 N–H and O–H groups in total. The number of hydrogen-bond acceptors (Lipinski definition) is 1. The van der Waals surface area contributed by atoms with Gasteiger partial charge in [0.2, 0.25) is 0 Å². The van der Waals surface area contributed by atoms with Gasteiger partial charge in [-0.25, -0.2) is 0 Å². The van der Waals surface area contributed by atoms with Crippen LogP contribution in [0.4, 0.5) is 0 Å². The van der Waals surface area contributed by atoms with Crippen molar-refractivity contribution in [3.05, 3.63) is 121 Å². The number of hydrogen-bond donors (Lipinski definition) is 0. The van der Waals surface area contributed by atoms with Gasteiger partial charge in [-0.05, 0) is 23.8 Å². The van der Waals surface area contributed by atoms with E-state index in [0.717, 1.165) is 11.3 Å². The first-order valence-corrected chi connectivity index (χ1v) is 11.9. The topological polar surface area (TPSA) is 9.23 Å². The molecule has 3 heteroatoms. The van der Waals surface area contributed by atoms with Gasteiger partial charge in [-0.15, -0.1) is 0 Å². The van der Waals surface area contributed by atoms with Crippen molar-refractivity contribution in [3.8, 4) is 15.8 Å². The summed E-state index contributed by atoms with van der Waals surface area (Å²) < 4.78 is 7.77. The number of ether oxygens (including phenoxy) is 1. The van der Waals surface area contributed by atoms with E-state index in [0.29, 0.717) is 0 Å². The fraction of sp³-hybridized carbons (Fsp3) is 0.0370. The summed E-state index contributed by atoms with van der Waals surface area (Å²) >= 11 is 2.18. The molecule has 4 aromatic rings. The number of benzene rings is 4. The van der Waals surface area contributed by atoms with Crippen LogP contribution in [0.25, 0.3) is 0 Å². The van der Waals surface area contributed by atoms with Gasteiger partial charge in [-0.3, -0.25) is 0 Å². The molecule has 0 aromatic heterocycles. The third kappa shape index (κ3) is 6.46. The van der Waals surface area contributed by atoms with E-state index in [1.807, 2.05) is 24.3 Å². The molecular formula is C27H22AuOP. The first-order valence-electron chi connectivity index (χ1n) is 9.49. The number of methoxy groups -OCH3 is 1. The van der Waals surface area contributed by atoms with Crippen molar-refractivity contribution in [1.29, 1.82) is 0 Å². The van der Waals surface area contributed by atoms with Crippen LogP contribution in [0.1, 0.15) is 5.56 Å². The van der Waals surface area contributed by atoms with Crippen molar-refractivity contribution in [2.45, 2.75) is 0 Å². The maximum Gasteiger partial charge on any atom is -0.0134 e. The molecular weight excluding hydrogens is 568 g/mol. The predicted molar refractivity (Wildman–Crippen MR) is 125 cm³/mol. The molecule has 0 saturated heterocycles. The Kier molecular flexibility index (Phi) is 8.98. The molecule has 0 spiro atoms. The summed E-state index contributed by atoms with van der Waals surface area (Å²) in [5.41, 5.74) is 1.01. The third-order valence-corrected chi connectivity index (χ3v) is 7.03. The Balaban J connectivity index is 0.000000199. The summed E-state index contributed by atoms with van der Waals surface area (Å²) in [5, 5.41) is 4.19. The van der Waals surface area contributed by atoms with Crippen molar-refractivity contribution in [1.82, 2.24) is 0 Å². The maximum absolute atomic E-state index is 5.00. The molecule has 0 heterocycles. The summed E-state index contributed by atoms with van der Waals surface area (Å²) in [5.74, 6) is 3.79. The first kappa shape index (κ1) is 22.1. The van der Waals surface area contributed by atoms with Crippen LogP contribution in [0.5, 0.6) is 5.75 Å². The Labute approximate surface area is 192 Å². The monoisotopic (exact) mass is 590 g/mol. The second kappa shape index (κ2) is 12.2. The zero-order valence-corrected chi connectivity index (χ0v) is 19.7. The summed E-state index contributed by atoms with van der Waals surface area (Å²) in [6.45, 7) is 0. The van der Waals surface area contributed by atoms with Crippen LogP contribution in [0.2, 0.25) is 0 Å². The molecule has 0 aliphatic carbocycles. The summed E-state index contributed by atoms with van der Waals surface area (Å²) in [7, 11) is 1.20. The molecule has 1 nitrogen and oxygen atoms in total. The molecule has 0 amide bonds. The van der Waals surface area contributed by atoms with Crippen LogP contribution < -0.4 is 20.7 Å². The number of rotatable bonds is 4. The second-order valence-corrected chi connectivity index (χ2v) is 9.03. The quantitative estimate of drug-likeness (QED) is 0.185. The van der Waals surface area contributed by atoms with Crippen molar-refractivity contribution >= 4 is 23.8 Å². The average Bonchev–Trinajstić information content (AvgIpc) is 2.83. The van der Waals surface area contributed by atoms with Crippen molar-refractivity contribution < 1.29 is 25.8 Å². The summed E-state index contributed by atoms with van der Waals surface area (Å²) in [4.78, 5) is 0. The second-order valence-electron chi connectivity index (χ2n) is 6.27. The minimum absolute atomic E-state index is 0.446. The zero-order chi connectivity index (χ0) is 21.0. The van der Waals surface area contributed by atoms with Crippen LogP contribution in [0.15, 0.2) is 115 Å². The fourth-order valence-electron chi connectivity index (χ4n) is 2.90. The average molecular weight is 590 g/mol. The first-order chi connectivity index (χ1) is 14.8. The van der Waals surface area contributed by atoms with Gasteiger partial charge in [0.25, 0.3) is 0 Å². The van der Waals surface area contributed by atoms with E-state index in [9.17, 15) is 0 Å². The van der Waals surface area contributed by atoms with Crippen molar-refractivity contribution in [2.24, 2.45) is 0 Å². The van der Waals surface area contributed by atoms with E-state index in [1.54, 1.807) is 7.11 Å². The summed E-state index contributed by atoms with van der Waals surface area (Å²) in [6, 6.07) is 40.0. The van der Waals surface area contributed by atoms with Gasteiger partial charge in [-0.2, -0.15) is 0 Å². The largest absolute Gasteiger partial charge is 0.0622 e. The van der Waals surface area contributed by atoms with E-state index < -0.39 is 7.92 Å². The van der Waals surface area contributed by atoms with Crippen molar-refractivity contribution in [2.75, 3.05) is 7.11 Å². The van der Waals surface area contributed by atoms with E-state index in [-0.39, 0.29) is 0 Å². The molecule has 0 saturated carbocycles. The van der Waals surface area contributed by atoms with E-state index in [2.05, 4.69) is 122 Å². The molecule has 152 valence electrons. The van der Waals surface area contributed by atoms with Gasteiger partial charge in [0.15, 0.2) is 0 Å². The molecule has 4 rings (SSSR count). The SMILES string of the molecule is COc1ccc(C#[C][Au])cc1.c1ccc(P(c2ccccc2)c2ccccc2)cc1. The molecule has 4 aromatic carbocycles. The smallest absolute Gasteiger partial charge is 0.0134 e. The molecule has 0 aliphatic rings. The van der Waals surface area contributed by atoms with Crippen molar-refractivity contribution in [3.63, 3.8) is 0 Å². The van der Waals surface area contributed by atoms with Crippen LogP contribution in [0, 0.1) is 10.1 Å². The van der Waals surface area contributed by atoms with Crippen LogP contribution >= 0.6 is 7.92 Å². The Morgan fingerprint density at radius 1 is 0.600 bits per heavy atom. The van der Waals surface area contributed by atoms with Crippen LogP contribution in [-0.4, -0.2) is 7.11 Å². The van der Waals surface area contributed by atoms with Crippen LogP contribution in [0.3, 0.4) is 0 Å². The molecule has 0 bridgehead atoms. The van der Waals surface area contributed by atoms with E-state index in [4.69, 9.17) is 4.74 Å². The fourth-order valence-corrected chi connectivity index (χ4v) is 5.51. The molecule has 30 heavy (non-hydrogen) atoms. The van der Waals surface area contributed by atoms with Gasteiger partial charge in [-0.1, -0.05) is 91.0 Å². The van der Waals surface area contributed by atoms with Gasteiger partial charge in [0.1, 0.15) is 0 Å². The zero-order valence-electron chi connectivity index (χ0n) is 16.6. The predicted octanol–water partition coefficient (Wildman–Crippen LogP) is 5.00. The Hall–Kier alpha value is -2.59. The Morgan fingerprint density at radius 3 is 1.33 bits per heavy atom. The van der Waals surface area contributed by atoms with Gasteiger partial charge in [0.05, 0.1) is 0 Å². The third-order valence-electron chi connectivity index (χ3n) is 4.32. The van der Waals surface area contributed by atoms with Gasteiger partial charge < -0.3 is 0 Å². The molecule has 0 fully saturated rings. The molecule has 0 atom stereocenters. The summed E-state index contributed by atoms with van der Waals surface area (Å²) in [6.07, 6.45) is 0. The Morgan fingerprint density at radius 2 is 1.00 bits per heavy atom. The Bertz CT molecular complexity index is 976. The van der Waals surface area contributed by atoms with E-state index >= 15 is 0 Å². The minimum Gasteiger partial charge on any atom is -0.0622 e. The molecule has 0 aliphatic heterocycles. The normalized spacial score (nSPS) is 9.73. The van der Waals surface area contributed by atoms with E-state index in [1.165, 1.54) is 15.9 Å². The maximum atomic E-state index is 5.00. The standard InChI is InChI=1S/C18H15P.C9H7O.Au/c1-4-10-16(11-5-1)19(17-12-6-2-7-13-17)18-14-8-3-9-15-18;1-3-8-4-6-9(10-2)7-5-8;/h1-15H;4-7H,2H3;. The van der Waals surface area contributed by atoms with Crippen LogP contribution in [-0.2, 0) is 21.1 Å². The molecule has 0 unspecified atom stereocenters. The van der Waals surface area contributed by atoms with Gasteiger partial charge >= 0.3 is 78.6 Å².